The molecule has 0 spiro atoms. The zero-order valence-corrected chi connectivity index (χ0v) is 10.2. The number of hydrogen-bond acceptors (Lipinski definition) is 4. The molecule has 1 aliphatic rings. The van der Waals surface area contributed by atoms with E-state index in [4.69, 9.17) is 5.26 Å². The first-order valence-corrected chi connectivity index (χ1v) is 6.11. The number of pyridine rings is 1. The molecule has 17 heavy (non-hydrogen) atoms. The molecule has 0 saturated carbocycles. The lowest BCUT2D eigenvalue weighted by atomic mass is 9.95. The predicted molar refractivity (Wildman–Crippen MR) is 66.2 cm³/mol. The summed E-state index contributed by atoms with van der Waals surface area (Å²) in [5.74, 6) is 0.478. The third-order valence-corrected chi connectivity index (χ3v) is 3.35. The van der Waals surface area contributed by atoms with Crippen molar-refractivity contribution in [1.29, 1.82) is 5.26 Å². The first-order chi connectivity index (χ1) is 8.33. The minimum absolute atomic E-state index is 0.478. The molecule has 1 aromatic heterocycles. The molecule has 1 aliphatic heterocycles. The van der Waals surface area contributed by atoms with Crippen molar-refractivity contribution in [2.45, 2.75) is 25.2 Å². The fourth-order valence-electron chi connectivity index (χ4n) is 2.36. The summed E-state index contributed by atoms with van der Waals surface area (Å²) >= 11 is 0. The molecule has 0 radical (unpaired) electrons. The summed E-state index contributed by atoms with van der Waals surface area (Å²) in [4.78, 5) is 4.15. The van der Waals surface area contributed by atoms with Gasteiger partial charge in [-0.2, -0.15) is 5.26 Å². The van der Waals surface area contributed by atoms with Crippen molar-refractivity contribution in [1.82, 2.24) is 15.4 Å². The van der Waals surface area contributed by atoms with Gasteiger partial charge in [0.15, 0.2) is 0 Å². The van der Waals surface area contributed by atoms with E-state index in [1.165, 1.54) is 24.8 Å². The van der Waals surface area contributed by atoms with Crippen LogP contribution in [0, 0.1) is 11.3 Å². The number of nitrogens with zero attached hydrogens (tertiary/aromatic N) is 3. The summed E-state index contributed by atoms with van der Waals surface area (Å²) in [6, 6.07) is 4.12. The van der Waals surface area contributed by atoms with E-state index >= 15 is 0 Å². The van der Waals surface area contributed by atoms with Gasteiger partial charge in [0.2, 0.25) is 0 Å². The fraction of sp³-hybridized carbons (Fsp3) is 0.538. The molecule has 2 rings (SSSR count). The molecule has 1 atom stereocenters. The molecule has 4 heteroatoms. The van der Waals surface area contributed by atoms with Gasteiger partial charge in [0.1, 0.15) is 6.07 Å². The number of hydrazine groups is 1. The summed E-state index contributed by atoms with van der Waals surface area (Å²) in [6.07, 6.45) is 7.15. The lowest BCUT2D eigenvalue weighted by Crippen LogP contribution is -2.37. The third kappa shape index (κ3) is 3.02. The van der Waals surface area contributed by atoms with Gasteiger partial charge >= 0.3 is 0 Å². The summed E-state index contributed by atoms with van der Waals surface area (Å²) < 4.78 is 0. The zero-order valence-electron chi connectivity index (χ0n) is 10.2. The Hall–Kier alpha value is -1.44. The van der Waals surface area contributed by atoms with Gasteiger partial charge in [-0.25, -0.2) is 5.01 Å². The number of aromatic nitrogens is 1. The SMILES string of the molecule is CNN1CCCC[C@H](c2cncc(C#N)c2)C1. The van der Waals surface area contributed by atoms with Crippen molar-refractivity contribution in [3.05, 3.63) is 29.6 Å². The quantitative estimate of drug-likeness (QED) is 0.839. The van der Waals surface area contributed by atoms with Crippen LogP contribution in [0.5, 0.6) is 0 Å². The molecule has 2 heterocycles. The van der Waals surface area contributed by atoms with Crippen LogP contribution in [0.15, 0.2) is 18.5 Å². The molecule has 0 bridgehead atoms. The van der Waals surface area contributed by atoms with Crippen molar-refractivity contribution in [3.63, 3.8) is 0 Å². The van der Waals surface area contributed by atoms with Gasteiger partial charge in [-0.3, -0.25) is 10.4 Å². The zero-order chi connectivity index (χ0) is 12.1. The molecule has 1 fully saturated rings. The maximum absolute atomic E-state index is 8.90. The topological polar surface area (TPSA) is 52.0 Å². The van der Waals surface area contributed by atoms with Crippen molar-refractivity contribution in [2.24, 2.45) is 0 Å². The van der Waals surface area contributed by atoms with Gasteiger partial charge in [0, 0.05) is 25.5 Å². The van der Waals surface area contributed by atoms with Crippen LogP contribution < -0.4 is 5.43 Å². The number of hydrogen-bond donors (Lipinski definition) is 1. The van der Waals surface area contributed by atoms with Crippen LogP contribution in [0.1, 0.15) is 36.3 Å². The molecule has 0 aliphatic carbocycles. The molecule has 0 unspecified atom stereocenters. The molecular formula is C13H18N4. The van der Waals surface area contributed by atoms with Gasteiger partial charge < -0.3 is 0 Å². The Balaban J connectivity index is 2.16. The Kier molecular flexibility index (Phi) is 4.08. The van der Waals surface area contributed by atoms with E-state index < -0.39 is 0 Å². The van der Waals surface area contributed by atoms with E-state index in [2.05, 4.69) is 21.5 Å². The van der Waals surface area contributed by atoms with E-state index in [1.807, 2.05) is 19.3 Å². The van der Waals surface area contributed by atoms with Crippen molar-refractivity contribution in [2.75, 3.05) is 20.1 Å². The van der Waals surface area contributed by atoms with E-state index in [1.54, 1.807) is 6.20 Å². The standard InChI is InChI=1S/C13H18N4/c1-15-17-5-3-2-4-12(10-17)13-6-11(7-14)8-16-9-13/h6,8-9,12,15H,2-5,10H2,1H3/t12-/m0/s1. The van der Waals surface area contributed by atoms with Gasteiger partial charge in [-0.15, -0.1) is 0 Å². The minimum Gasteiger partial charge on any atom is -0.263 e. The van der Waals surface area contributed by atoms with Crippen LogP contribution in [0.3, 0.4) is 0 Å². The van der Waals surface area contributed by atoms with Crippen LogP contribution in [0.4, 0.5) is 0 Å². The number of rotatable bonds is 2. The number of nitriles is 1. The Morgan fingerprint density at radius 1 is 1.47 bits per heavy atom. The lowest BCUT2D eigenvalue weighted by Gasteiger charge is -2.23. The molecular weight excluding hydrogens is 212 g/mol. The average molecular weight is 230 g/mol. The highest BCUT2D eigenvalue weighted by Crippen LogP contribution is 2.25. The summed E-state index contributed by atoms with van der Waals surface area (Å²) in [6.45, 7) is 2.09. The predicted octanol–water partition coefficient (Wildman–Crippen LogP) is 1.66. The Bertz CT molecular complexity index is 410. The Morgan fingerprint density at radius 3 is 3.12 bits per heavy atom. The van der Waals surface area contributed by atoms with Gasteiger partial charge in [-0.05, 0) is 37.4 Å². The highest BCUT2D eigenvalue weighted by molar-refractivity contribution is 5.31. The molecule has 0 aromatic carbocycles. The lowest BCUT2D eigenvalue weighted by molar-refractivity contribution is 0.207. The largest absolute Gasteiger partial charge is 0.263 e. The van der Waals surface area contributed by atoms with Crippen LogP contribution in [0.25, 0.3) is 0 Å². The fourth-order valence-corrected chi connectivity index (χ4v) is 2.36. The highest BCUT2D eigenvalue weighted by Gasteiger charge is 2.19. The third-order valence-electron chi connectivity index (χ3n) is 3.35. The maximum Gasteiger partial charge on any atom is 0.101 e. The number of nitrogens with one attached hydrogen (secondary N) is 1. The molecule has 90 valence electrons. The second-order valence-electron chi connectivity index (χ2n) is 4.48. The normalized spacial score (nSPS) is 21.8. The van der Waals surface area contributed by atoms with Gasteiger partial charge in [-0.1, -0.05) is 6.42 Å². The molecule has 0 amide bonds. The Morgan fingerprint density at radius 2 is 2.35 bits per heavy atom. The second-order valence-corrected chi connectivity index (χ2v) is 4.48. The van der Waals surface area contributed by atoms with Gasteiger partial charge in [0.05, 0.1) is 5.56 Å². The summed E-state index contributed by atoms with van der Waals surface area (Å²) in [5.41, 5.74) is 5.06. The van der Waals surface area contributed by atoms with E-state index in [0.29, 0.717) is 11.5 Å². The van der Waals surface area contributed by atoms with Crippen LogP contribution >= 0.6 is 0 Å². The van der Waals surface area contributed by atoms with Gasteiger partial charge in [0.25, 0.3) is 0 Å². The van der Waals surface area contributed by atoms with E-state index in [0.717, 1.165) is 13.1 Å². The first-order valence-electron chi connectivity index (χ1n) is 6.11. The average Bonchev–Trinajstić information content (AvgIpc) is 2.64. The van der Waals surface area contributed by atoms with Crippen LogP contribution in [-0.2, 0) is 0 Å². The minimum atomic E-state index is 0.478. The van der Waals surface area contributed by atoms with Crippen LogP contribution in [-0.4, -0.2) is 30.1 Å². The smallest absolute Gasteiger partial charge is 0.101 e. The monoisotopic (exact) mass is 230 g/mol. The van der Waals surface area contributed by atoms with E-state index in [-0.39, 0.29) is 0 Å². The van der Waals surface area contributed by atoms with E-state index in [9.17, 15) is 0 Å². The maximum atomic E-state index is 8.90. The first kappa shape index (κ1) is 12.0. The Labute approximate surface area is 102 Å². The second kappa shape index (κ2) is 5.76. The van der Waals surface area contributed by atoms with Crippen molar-refractivity contribution >= 4 is 0 Å². The molecule has 4 nitrogen and oxygen atoms in total. The summed E-state index contributed by atoms with van der Waals surface area (Å²) in [5, 5.41) is 11.1. The molecule has 1 aromatic rings. The highest BCUT2D eigenvalue weighted by atomic mass is 15.5. The molecule has 1 saturated heterocycles. The van der Waals surface area contributed by atoms with Crippen molar-refractivity contribution < 1.29 is 0 Å². The molecule has 1 N–H and O–H groups in total. The van der Waals surface area contributed by atoms with Crippen LogP contribution in [0.2, 0.25) is 0 Å². The summed E-state index contributed by atoms with van der Waals surface area (Å²) in [7, 11) is 1.96. The van der Waals surface area contributed by atoms with Crippen molar-refractivity contribution in [3.8, 4) is 6.07 Å².